The van der Waals surface area contributed by atoms with E-state index in [2.05, 4.69) is 259 Å². The van der Waals surface area contributed by atoms with Crippen molar-refractivity contribution in [1.29, 1.82) is 0 Å². The Hall–Kier alpha value is -8.14. The monoisotopic (exact) mass is 800 g/mol. The summed E-state index contributed by atoms with van der Waals surface area (Å²) in [5.41, 5.74) is 22.8. The van der Waals surface area contributed by atoms with E-state index >= 15 is 0 Å². The molecule has 2 aliphatic heterocycles. The fraction of sp³-hybridized carbons (Fsp3) is 0. The molecular formula is C60H41BN2. The molecule has 2 aliphatic rings. The van der Waals surface area contributed by atoms with Gasteiger partial charge < -0.3 is 9.80 Å². The highest BCUT2D eigenvalue weighted by molar-refractivity contribution is 7.02. The molecule has 294 valence electrons. The van der Waals surface area contributed by atoms with Crippen LogP contribution in [0.15, 0.2) is 249 Å². The van der Waals surface area contributed by atoms with Crippen molar-refractivity contribution >= 4 is 57.2 Å². The van der Waals surface area contributed by atoms with Gasteiger partial charge in [0.25, 0.3) is 6.71 Å². The van der Waals surface area contributed by atoms with Gasteiger partial charge in [-0.1, -0.05) is 200 Å². The maximum atomic E-state index is 2.55. The molecule has 63 heavy (non-hydrogen) atoms. The molecule has 2 nitrogen and oxygen atoms in total. The number of nitrogens with zero attached hydrogens (tertiary/aromatic N) is 2. The molecule has 0 bridgehead atoms. The van der Waals surface area contributed by atoms with Gasteiger partial charge in [0.2, 0.25) is 0 Å². The molecule has 0 amide bonds. The Bertz CT molecular complexity index is 3080. The maximum Gasteiger partial charge on any atom is 0.253 e. The molecule has 10 aromatic carbocycles. The lowest BCUT2D eigenvalue weighted by atomic mass is 9.31. The highest BCUT2D eigenvalue weighted by Crippen LogP contribution is 2.48. The Morgan fingerprint density at radius 2 is 0.556 bits per heavy atom. The van der Waals surface area contributed by atoms with Crippen LogP contribution >= 0.6 is 0 Å². The zero-order valence-corrected chi connectivity index (χ0v) is 34.6. The third kappa shape index (κ3) is 6.28. The summed E-state index contributed by atoms with van der Waals surface area (Å²) < 4.78 is 0. The summed E-state index contributed by atoms with van der Waals surface area (Å²) >= 11 is 0. The van der Waals surface area contributed by atoms with Gasteiger partial charge in [-0.25, -0.2) is 0 Å². The van der Waals surface area contributed by atoms with Gasteiger partial charge in [-0.15, -0.1) is 0 Å². The van der Waals surface area contributed by atoms with Crippen LogP contribution in [-0.2, 0) is 0 Å². The molecule has 0 aromatic heterocycles. The SMILES string of the molecule is c1ccc(-c2cccc(N3c4cccc(-c5ccccc5)c4B4c5c(-c6ccccc6)cccc5N(c5cccc(-c6ccccc6)c5)c5cc(-c6ccccc6)cc3c54)c2)cc1. The minimum Gasteiger partial charge on any atom is -0.311 e. The first-order valence-electron chi connectivity index (χ1n) is 21.8. The zero-order chi connectivity index (χ0) is 41.7. The Morgan fingerprint density at radius 1 is 0.222 bits per heavy atom. The minimum absolute atomic E-state index is 0.0975. The van der Waals surface area contributed by atoms with E-state index in [1.165, 1.54) is 94.8 Å². The quantitative estimate of drug-likeness (QED) is 0.148. The van der Waals surface area contributed by atoms with Crippen LogP contribution in [0, 0.1) is 0 Å². The smallest absolute Gasteiger partial charge is 0.253 e. The van der Waals surface area contributed by atoms with Crippen molar-refractivity contribution in [2.24, 2.45) is 0 Å². The van der Waals surface area contributed by atoms with Gasteiger partial charge in [-0.3, -0.25) is 0 Å². The molecule has 0 fully saturated rings. The second-order valence-electron chi connectivity index (χ2n) is 16.4. The van der Waals surface area contributed by atoms with Gasteiger partial charge in [0.1, 0.15) is 0 Å². The Kier molecular flexibility index (Phi) is 8.97. The van der Waals surface area contributed by atoms with Crippen LogP contribution in [0.25, 0.3) is 55.6 Å². The van der Waals surface area contributed by atoms with Gasteiger partial charge >= 0.3 is 0 Å². The summed E-state index contributed by atoms with van der Waals surface area (Å²) in [6.45, 7) is -0.0975. The van der Waals surface area contributed by atoms with E-state index in [0.717, 1.165) is 11.4 Å². The first kappa shape index (κ1) is 36.7. The van der Waals surface area contributed by atoms with Gasteiger partial charge in [0.15, 0.2) is 0 Å². The fourth-order valence-corrected chi connectivity index (χ4v) is 10.1. The number of hydrogen-bond donors (Lipinski definition) is 0. The topological polar surface area (TPSA) is 6.48 Å². The minimum atomic E-state index is -0.0975. The summed E-state index contributed by atoms with van der Waals surface area (Å²) in [6, 6.07) is 91.2. The predicted octanol–water partition coefficient (Wildman–Crippen LogP) is 14.1. The van der Waals surface area contributed by atoms with Crippen molar-refractivity contribution in [3.8, 4) is 55.6 Å². The average Bonchev–Trinajstić information content (AvgIpc) is 3.37. The zero-order valence-electron chi connectivity index (χ0n) is 34.6. The lowest BCUT2D eigenvalue weighted by Crippen LogP contribution is -2.62. The van der Waals surface area contributed by atoms with Crippen molar-refractivity contribution in [3.63, 3.8) is 0 Å². The van der Waals surface area contributed by atoms with E-state index in [0.29, 0.717) is 0 Å². The van der Waals surface area contributed by atoms with Crippen LogP contribution < -0.4 is 26.2 Å². The molecule has 12 rings (SSSR count). The average molecular weight is 801 g/mol. The number of rotatable bonds is 7. The summed E-state index contributed by atoms with van der Waals surface area (Å²) in [7, 11) is 0. The van der Waals surface area contributed by atoms with Crippen LogP contribution in [-0.4, -0.2) is 6.71 Å². The third-order valence-corrected chi connectivity index (χ3v) is 12.8. The molecular weight excluding hydrogens is 759 g/mol. The number of fused-ring (bicyclic) bond motifs is 4. The highest BCUT2D eigenvalue weighted by atomic mass is 15.2. The van der Waals surface area contributed by atoms with E-state index in [9.17, 15) is 0 Å². The Balaban J connectivity index is 1.23. The van der Waals surface area contributed by atoms with Crippen molar-refractivity contribution in [2.45, 2.75) is 0 Å². The summed E-state index contributed by atoms with van der Waals surface area (Å²) in [5, 5.41) is 0. The van der Waals surface area contributed by atoms with Crippen molar-refractivity contribution in [3.05, 3.63) is 249 Å². The van der Waals surface area contributed by atoms with E-state index in [1.54, 1.807) is 0 Å². The van der Waals surface area contributed by atoms with Crippen molar-refractivity contribution in [1.82, 2.24) is 0 Å². The van der Waals surface area contributed by atoms with Crippen LogP contribution in [0.2, 0.25) is 0 Å². The van der Waals surface area contributed by atoms with Crippen molar-refractivity contribution in [2.75, 3.05) is 9.80 Å². The molecule has 0 aliphatic carbocycles. The molecule has 2 heterocycles. The number of anilines is 6. The predicted molar refractivity (Wildman–Crippen MR) is 268 cm³/mol. The Labute approximate surface area is 369 Å². The van der Waals surface area contributed by atoms with E-state index in [-0.39, 0.29) is 6.71 Å². The third-order valence-electron chi connectivity index (χ3n) is 12.8. The summed E-state index contributed by atoms with van der Waals surface area (Å²) in [5.74, 6) is 0. The van der Waals surface area contributed by atoms with Crippen LogP contribution in [0.4, 0.5) is 34.1 Å². The van der Waals surface area contributed by atoms with E-state index in [4.69, 9.17) is 0 Å². The molecule has 10 aromatic rings. The normalized spacial score (nSPS) is 12.3. The second kappa shape index (κ2) is 15.4. The van der Waals surface area contributed by atoms with Crippen LogP contribution in [0.5, 0.6) is 0 Å². The summed E-state index contributed by atoms with van der Waals surface area (Å²) in [6.07, 6.45) is 0. The number of hydrogen-bond acceptors (Lipinski definition) is 2. The van der Waals surface area contributed by atoms with Gasteiger partial charge in [0.05, 0.1) is 0 Å². The molecule has 0 saturated carbocycles. The van der Waals surface area contributed by atoms with Gasteiger partial charge in [0, 0.05) is 34.1 Å². The molecule has 0 saturated heterocycles. The fourth-order valence-electron chi connectivity index (χ4n) is 10.1. The molecule has 3 heteroatoms. The highest BCUT2D eigenvalue weighted by Gasteiger charge is 2.46. The lowest BCUT2D eigenvalue weighted by molar-refractivity contribution is 1.25. The number of benzene rings is 10. The lowest BCUT2D eigenvalue weighted by Gasteiger charge is -2.45. The molecule has 0 unspecified atom stereocenters. The maximum absolute atomic E-state index is 2.55. The standard InChI is InChI=1S/C60H41BN2/c1-6-20-42(21-7-1)47-30-16-32-50(38-47)62-54-36-18-34-52(45-26-12-4-13-27-45)58(54)61-59-53(46-28-14-5-15-29-46)35-19-37-55(59)63(51-33-17-31-48(39-51)43-22-8-2-9-23-43)57-41-49(40-56(62)60(57)61)44-24-10-3-11-25-44/h1-41H. The van der Waals surface area contributed by atoms with Gasteiger partial charge in [-0.05, 0) is 121 Å². The first-order valence-corrected chi connectivity index (χ1v) is 21.8. The largest absolute Gasteiger partial charge is 0.311 e. The van der Waals surface area contributed by atoms with Gasteiger partial charge in [-0.2, -0.15) is 0 Å². The van der Waals surface area contributed by atoms with Crippen molar-refractivity contribution < 1.29 is 0 Å². The molecule has 0 radical (unpaired) electrons. The first-order chi connectivity index (χ1) is 31.3. The molecule has 0 N–H and O–H groups in total. The summed E-state index contributed by atoms with van der Waals surface area (Å²) in [4.78, 5) is 5.09. The molecule has 0 spiro atoms. The van der Waals surface area contributed by atoms with E-state index < -0.39 is 0 Å². The van der Waals surface area contributed by atoms with Crippen LogP contribution in [0.1, 0.15) is 0 Å². The Morgan fingerprint density at radius 3 is 0.952 bits per heavy atom. The second-order valence-corrected chi connectivity index (χ2v) is 16.4. The molecule has 0 atom stereocenters. The van der Waals surface area contributed by atoms with E-state index in [1.807, 2.05) is 0 Å². The van der Waals surface area contributed by atoms with Crippen LogP contribution in [0.3, 0.4) is 0 Å².